The number of rotatable bonds is 3. The number of carbonyl (C=O) groups excluding carboxylic acids is 1. The number of amides is 1. The Kier molecular flexibility index (Phi) is 4.51. The first-order valence-corrected chi connectivity index (χ1v) is 7.98. The molecular formula is C16H16ClF3N4O. The molecule has 134 valence electrons. The molecule has 0 saturated heterocycles. The van der Waals surface area contributed by atoms with Gasteiger partial charge in [0.15, 0.2) is 5.69 Å². The maximum Gasteiger partial charge on any atom is 0.436 e. The predicted octanol–water partition coefficient (Wildman–Crippen LogP) is 2.90. The Bertz CT molecular complexity index is 818. The number of aromatic nitrogens is 2. The monoisotopic (exact) mass is 372 g/mol. The van der Waals surface area contributed by atoms with Crippen LogP contribution in [0.5, 0.6) is 0 Å². The van der Waals surface area contributed by atoms with E-state index in [4.69, 9.17) is 17.3 Å². The minimum atomic E-state index is -4.64. The zero-order valence-corrected chi connectivity index (χ0v) is 14.0. The molecule has 0 aliphatic heterocycles. The third-order valence-electron chi connectivity index (χ3n) is 4.38. The molecule has 1 aliphatic rings. The number of halogens is 4. The van der Waals surface area contributed by atoms with Gasteiger partial charge in [0.2, 0.25) is 5.91 Å². The van der Waals surface area contributed by atoms with E-state index in [1.807, 2.05) is 24.3 Å². The molecule has 0 bridgehead atoms. The standard InChI is InChI=1S/C16H16ClF3N4O/c1-24-12(13(17)14(23-24)16(18,19)20)7-22-15(25)10-6-11(21)9-5-3-2-4-8(9)10/h2-5,10-11H,6-7,21H2,1H3,(H,22,25). The first-order chi connectivity index (χ1) is 11.7. The fraction of sp³-hybridized carbons (Fsp3) is 0.375. The number of hydrogen-bond donors (Lipinski definition) is 2. The summed E-state index contributed by atoms with van der Waals surface area (Å²) in [5, 5.41) is 5.53. The Morgan fingerprint density at radius 1 is 1.40 bits per heavy atom. The lowest BCUT2D eigenvalue weighted by molar-refractivity contribution is -0.141. The highest BCUT2D eigenvalue weighted by atomic mass is 35.5. The van der Waals surface area contributed by atoms with Crippen LogP contribution in [0.1, 0.15) is 40.9 Å². The quantitative estimate of drug-likeness (QED) is 0.870. The van der Waals surface area contributed by atoms with Gasteiger partial charge in [-0.05, 0) is 17.5 Å². The average Bonchev–Trinajstić information content (AvgIpc) is 3.03. The van der Waals surface area contributed by atoms with Gasteiger partial charge in [-0.1, -0.05) is 35.9 Å². The third kappa shape index (κ3) is 3.23. The molecule has 1 aromatic carbocycles. The van der Waals surface area contributed by atoms with Gasteiger partial charge in [-0.3, -0.25) is 9.48 Å². The minimum absolute atomic E-state index is 0.0953. The summed E-state index contributed by atoms with van der Waals surface area (Å²) in [4.78, 5) is 12.5. The van der Waals surface area contributed by atoms with Gasteiger partial charge in [-0.15, -0.1) is 0 Å². The normalized spacial score (nSPS) is 19.8. The summed E-state index contributed by atoms with van der Waals surface area (Å²) in [6.07, 6.45) is -4.19. The SMILES string of the molecule is Cn1nc(C(F)(F)F)c(Cl)c1CNC(=O)C1CC(N)c2ccccc21. The minimum Gasteiger partial charge on any atom is -0.350 e. The van der Waals surface area contributed by atoms with E-state index in [1.54, 1.807) is 0 Å². The molecule has 0 radical (unpaired) electrons. The molecule has 0 saturated carbocycles. The second-order valence-corrected chi connectivity index (χ2v) is 6.35. The van der Waals surface area contributed by atoms with E-state index in [0.717, 1.165) is 15.8 Å². The predicted molar refractivity (Wildman–Crippen MR) is 85.8 cm³/mol. The number of aryl methyl sites for hydroxylation is 1. The fourth-order valence-electron chi connectivity index (χ4n) is 3.12. The molecule has 9 heteroatoms. The Balaban J connectivity index is 1.75. The molecule has 2 aromatic rings. The van der Waals surface area contributed by atoms with Gasteiger partial charge in [0.25, 0.3) is 0 Å². The number of nitrogens with one attached hydrogen (secondary N) is 1. The van der Waals surface area contributed by atoms with Gasteiger partial charge >= 0.3 is 6.18 Å². The maximum atomic E-state index is 12.8. The van der Waals surface area contributed by atoms with Gasteiger partial charge in [-0.25, -0.2) is 0 Å². The molecule has 1 amide bonds. The maximum absolute atomic E-state index is 12.8. The van der Waals surface area contributed by atoms with Crippen LogP contribution in [0.2, 0.25) is 5.02 Å². The van der Waals surface area contributed by atoms with Gasteiger partial charge in [0.1, 0.15) is 0 Å². The second kappa shape index (κ2) is 6.34. The van der Waals surface area contributed by atoms with E-state index < -0.39 is 22.8 Å². The van der Waals surface area contributed by atoms with Crippen LogP contribution in [0, 0.1) is 0 Å². The van der Waals surface area contributed by atoms with E-state index in [9.17, 15) is 18.0 Å². The van der Waals surface area contributed by atoms with Crippen LogP contribution < -0.4 is 11.1 Å². The lowest BCUT2D eigenvalue weighted by Gasteiger charge is -2.12. The third-order valence-corrected chi connectivity index (χ3v) is 4.77. The lowest BCUT2D eigenvalue weighted by atomic mass is 10.0. The number of hydrogen-bond acceptors (Lipinski definition) is 3. The number of alkyl halides is 3. The summed E-state index contributed by atoms with van der Waals surface area (Å²) in [6.45, 7) is -0.148. The molecular weight excluding hydrogens is 357 g/mol. The molecule has 2 unspecified atom stereocenters. The second-order valence-electron chi connectivity index (χ2n) is 5.97. The van der Waals surface area contributed by atoms with Crippen LogP contribution >= 0.6 is 11.6 Å². The van der Waals surface area contributed by atoms with E-state index in [0.29, 0.717) is 6.42 Å². The summed E-state index contributed by atoms with van der Waals surface area (Å²) in [6, 6.07) is 7.16. The Labute approximate surface area is 146 Å². The van der Waals surface area contributed by atoms with Crippen molar-refractivity contribution in [3.8, 4) is 0 Å². The van der Waals surface area contributed by atoms with Crippen LogP contribution in [-0.2, 0) is 24.6 Å². The molecule has 1 aliphatic carbocycles. The molecule has 2 atom stereocenters. The van der Waals surface area contributed by atoms with Crippen molar-refractivity contribution in [1.29, 1.82) is 0 Å². The largest absolute Gasteiger partial charge is 0.436 e. The van der Waals surface area contributed by atoms with Crippen LogP contribution in [-0.4, -0.2) is 15.7 Å². The molecule has 3 N–H and O–H groups in total. The summed E-state index contributed by atoms with van der Waals surface area (Å²) in [5.74, 6) is -0.730. The first-order valence-electron chi connectivity index (χ1n) is 7.60. The van der Waals surface area contributed by atoms with Crippen molar-refractivity contribution in [2.45, 2.75) is 31.1 Å². The van der Waals surface area contributed by atoms with Crippen LogP contribution in [0.3, 0.4) is 0 Å². The molecule has 1 heterocycles. The van der Waals surface area contributed by atoms with E-state index in [2.05, 4.69) is 10.4 Å². The fourth-order valence-corrected chi connectivity index (χ4v) is 3.46. The smallest absolute Gasteiger partial charge is 0.350 e. The summed E-state index contributed by atoms with van der Waals surface area (Å²) >= 11 is 5.79. The zero-order valence-electron chi connectivity index (χ0n) is 13.3. The number of nitrogens with zero attached hydrogens (tertiary/aromatic N) is 2. The number of nitrogens with two attached hydrogens (primary N) is 1. The van der Waals surface area contributed by atoms with Crippen LogP contribution in [0.4, 0.5) is 13.2 Å². The van der Waals surface area contributed by atoms with Crippen molar-refractivity contribution in [1.82, 2.24) is 15.1 Å². The average molecular weight is 373 g/mol. The highest BCUT2D eigenvalue weighted by molar-refractivity contribution is 6.32. The Morgan fingerprint density at radius 3 is 2.64 bits per heavy atom. The van der Waals surface area contributed by atoms with Gasteiger partial charge in [0.05, 0.1) is 23.2 Å². The Hall–Kier alpha value is -2.06. The van der Waals surface area contributed by atoms with Gasteiger partial charge in [0, 0.05) is 13.1 Å². The molecule has 5 nitrogen and oxygen atoms in total. The van der Waals surface area contributed by atoms with E-state index in [-0.39, 0.29) is 24.2 Å². The van der Waals surface area contributed by atoms with E-state index >= 15 is 0 Å². The summed E-state index contributed by atoms with van der Waals surface area (Å²) in [7, 11) is 1.35. The highest BCUT2D eigenvalue weighted by Gasteiger charge is 2.39. The van der Waals surface area contributed by atoms with Crippen molar-refractivity contribution in [3.63, 3.8) is 0 Å². The molecule has 3 rings (SSSR count). The topological polar surface area (TPSA) is 72.9 Å². The molecule has 1 aromatic heterocycles. The van der Waals surface area contributed by atoms with Crippen LogP contribution in [0.25, 0.3) is 0 Å². The van der Waals surface area contributed by atoms with Gasteiger partial charge in [-0.2, -0.15) is 18.3 Å². The molecule has 25 heavy (non-hydrogen) atoms. The highest BCUT2D eigenvalue weighted by Crippen LogP contribution is 2.39. The van der Waals surface area contributed by atoms with Crippen molar-refractivity contribution in [2.75, 3.05) is 0 Å². The summed E-state index contributed by atoms with van der Waals surface area (Å²) in [5.41, 5.74) is 6.74. The Morgan fingerprint density at radius 2 is 2.04 bits per heavy atom. The number of fused-ring (bicyclic) bond motifs is 1. The summed E-state index contributed by atoms with van der Waals surface area (Å²) < 4.78 is 39.5. The van der Waals surface area contributed by atoms with Gasteiger partial charge < -0.3 is 11.1 Å². The van der Waals surface area contributed by atoms with Crippen molar-refractivity contribution in [2.24, 2.45) is 12.8 Å². The molecule has 0 spiro atoms. The van der Waals surface area contributed by atoms with Crippen molar-refractivity contribution < 1.29 is 18.0 Å². The van der Waals surface area contributed by atoms with Crippen LogP contribution in [0.15, 0.2) is 24.3 Å². The zero-order chi connectivity index (χ0) is 18.4. The first kappa shape index (κ1) is 17.8. The van der Waals surface area contributed by atoms with E-state index in [1.165, 1.54) is 7.05 Å². The lowest BCUT2D eigenvalue weighted by Crippen LogP contribution is -2.29. The molecule has 0 fully saturated rings. The number of carbonyl (C=O) groups is 1. The number of benzene rings is 1. The van der Waals surface area contributed by atoms with Crippen molar-refractivity contribution in [3.05, 3.63) is 51.8 Å². The van der Waals surface area contributed by atoms with Crippen molar-refractivity contribution >= 4 is 17.5 Å².